The maximum atomic E-state index is 13.3. The molecule has 0 spiro atoms. The first-order chi connectivity index (χ1) is 22.7. The average Bonchev–Trinajstić information content (AvgIpc) is 3.09. The highest BCUT2D eigenvalue weighted by atomic mass is 16.5. The van der Waals surface area contributed by atoms with E-state index in [9.17, 15) is 24.3 Å². The first-order valence-electron chi connectivity index (χ1n) is 15.8. The van der Waals surface area contributed by atoms with Crippen LogP contribution >= 0.6 is 0 Å². The summed E-state index contributed by atoms with van der Waals surface area (Å²) in [5.41, 5.74) is 2.58. The number of carbonyl (C=O) groups is 4. The molecule has 47 heavy (non-hydrogen) atoms. The first-order valence-corrected chi connectivity index (χ1v) is 15.8. The molecule has 252 valence electrons. The third kappa shape index (κ3) is 12.9. The number of rotatable bonds is 18. The Balaban J connectivity index is 1.57. The Morgan fingerprint density at radius 2 is 1.32 bits per heavy atom. The lowest BCUT2D eigenvalue weighted by atomic mass is 9.97. The number of amides is 3. The van der Waals surface area contributed by atoms with E-state index in [1.165, 1.54) is 7.11 Å². The van der Waals surface area contributed by atoms with Crippen LogP contribution in [0, 0.1) is 5.92 Å². The zero-order valence-electron chi connectivity index (χ0n) is 27.2. The van der Waals surface area contributed by atoms with E-state index in [1.54, 1.807) is 0 Å². The first kappa shape index (κ1) is 36.7. The molecule has 11 nitrogen and oxygen atoms in total. The van der Waals surface area contributed by atoms with Gasteiger partial charge in [0.1, 0.15) is 18.7 Å². The summed E-state index contributed by atoms with van der Waals surface area (Å²) in [6.07, 6.45) is -0.583. The van der Waals surface area contributed by atoms with Gasteiger partial charge < -0.3 is 35.8 Å². The van der Waals surface area contributed by atoms with Crippen LogP contribution in [0.2, 0.25) is 0 Å². The second-order valence-electron chi connectivity index (χ2n) is 11.4. The molecular weight excluding hydrogens is 600 g/mol. The zero-order valence-corrected chi connectivity index (χ0v) is 27.2. The van der Waals surface area contributed by atoms with Gasteiger partial charge >= 0.3 is 12.1 Å². The highest BCUT2D eigenvalue weighted by Gasteiger charge is 2.30. The fourth-order valence-corrected chi connectivity index (χ4v) is 4.92. The van der Waals surface area contributed by atoms with Crippen molar-refractivity contribution in [2.45, 2.75) is 63.9 Å². The molecule has 3 aromatic carbocycles. The van der Waals surface area contributed by atoms with Gasteiger partial charge in [-0.15, -0.1) is 0 Å². The number of benzene rings is 3. The van der Waals surface area contributed by atoms with Gasteiger partial charge in [0.2, 0.25) is 11.8 Å². The molecule has 5 atom stereocenters. The largest absolute Gasteiger partial charge is 0.467 e. The topological polar surface area (TPSA) is 155 Å². The second-order valence-corrected chi connectivity index (χ2v) is 11.4. The van der Waals surface area contributed by atoms with E-state index in [1.807, 2.05) is 105 Å². The van der Waals surface area contributed by atoms with Crippen LogP contribution in [0.5, 0.6) is 0 Å². The Morgan fingerprint density at radius 3 is 1.87 bits per heavy atom. The van der Waals surface area contributed by atoms with Gasteiger partial charge in [-0.1, -0.05) is 111 Å². The number of hydrogen-bond acceptors (Lipinski definition) is 8. The van der Waals surface area contributed by atoms with Crippen molar-refractivity contribution in [2.75, 3.05) is 20.2 Å². The average molecular weight is 647 g/mol. The summed E-state index contributed by atoms with van der Waals surface area (Å²) in [5, 5.41) is 22.2. The number of alkyl carbamates (subject to hydrolysis) is 1. The van der Waals surface area contributed by atoms with Crippen molar-refractivity contribution in [1.82, 2.24) is 21.3 Å². The van der Waals surface area contributed by atoms with Gasteiger partial charge in [0.25, 0.3) is 0 Å². The number of esters is 1. The van der Waals surface area contributed by atoms with Crippen molar-refractivity contribution in [1.29, 1.82) is 0 Å². The van der Waals surface area contributed by atoms with Crippen molar-refractivity contribution in [3.63, 3.8) is 0 Å². The molecule has 3 aromatic rings. The number of methoxy groups -OCH3 is 1. The summed E-state index contributed by atoms with van der Waals surface area (Å²) >= 11 is 0. The molecule has 0 aliphatic heterocycles. The Morgan fingerprint density at radius 1 is 0.766 bits per heavy atom. The molecule has 0 heterocycles. The predicted octanol–water partition coefficient (Wildman–Crippen LogP) is 2.91. The highest BCUT2D eigenvalue weighted by molar-refractivity contribution is 5.91. The number of carbonyl (C=O) groups excluding carboxylic acids is 4. The van der Waals surface area contributed by atoms with E-state index in [0.717, 1.165) is 16.7 Å². The Bertz CT molecular complexity index is 1390. The molecule has 3 rings (SSSR count). The van der Waals surface area contributed by atoms with E-state index >= 15 is 0 Å². The minimum atomic E-state index is -1.07. The van der Waals surface area contributed by atoms with Gasteiger partial charge in [-0.05, 0) is 29.0 Å². The molecule has 0 aliphatic carbocycles. The van der Waals surface area contributed by atoms with Gasteiger partial charge in [-0.25, -0.2) is 9.59 Å². The fraction of sp³-hybridized carbons (Fsp3) is 0.389. The summed E-state index contributed by atoms with van der Waals surface area (Å²) in [7, 11) is 1.26. The molecule has 0 fully saturated rings. The second kappa shape index (κ2) is 19.7. The third-order valence-corrected chi connectivity index (χ3v) is 7.81. The van der Waals surface area contributed by atoms with E-state index in [0.29, 0.717) is 12.8 Å². The highest BCUT2D eigenvalue weighted by Crippen LogP contribution is 2.11. The summed E-state index contributed by atoms with van der Waals surface area (Å²) in [6.45, 7) is 3.60. The number of aliphatic hydroxyl groups excluding tert-OH is 1. The summed E-state index contributed by atoms with van der Waals surface area (Å²) in [5.74, 6) is -1.79. The Kier molecular flexibility index (Phi) is 15.4. The normalized spacial score (nSPS) is 14.0. The lowest BCUT2D eigenvalue weighted by molar-refractivity contribution is -0.145. The maximum absolute atomic E-state index is 13.3. The van der Waals surface area contributed by atoms with Gasteiger partial charge in [0.05, 0.1) is 25.8 Å². The predicted molar refractivity (Wildman–Crippen MR) is 178 cm³/mol. The van der Waals surface area contributed by atoms with Gasteiger partial charge in [0, 0.05) is 13.0 Å². The molecule has 2 unspecified atom stereocenters. The van der Waals surface area contributed by atoms with Crippen LogP contribution in [-0.4, -0.2) is 73.4 Å². The Labute approximate surface area is 276 Å². The number of nitrogens with one attached hydrogen (secondary N) is 4. The number of aliphatic hydroxyl groups is 1. The van der Waals surface area contributed by atoms with E-state index in [4.69, 9.17) is 9.47 Å². The monoisotopic (exact) mass is 646 g/mol. The number of hydrogen-bond donors (Lipinski definition) is 5. The minimum Gasteiger partial charge on any atom is -0.467 e. The molecule has 0 radical (unpaired) electrons. The molecule has 0 bridgehead atoms. The van der Waals surface area contributed by atoms with Crippen molar-refractivity contribution >= 4 is 23.9 Å². The van der Waals surface area contributed by atoms with Crippen LogP contribution < -0.4 is 21.3 Å². The summed E-state index contributed by atoms with van der Waals surface area (Å²) < 4.78 is 10.3. The fourth-order valence-electron chi connectivity index (χ4n) is 4.92. The van der Waals surface area contributed by atoms with Crippen LogP contribution in [0.25, 0.3) is 0 Å². The minimum absolute atomic E-state index is 0.0223. The van der Waals surface area contributed by atoms with Gasteiger partial charge in [0.15, 0.2) is 0 Å². The van der Waals surface area contributed by atoms with Crippen molar-refractivity contribution in [2.24, 2.45) is 5.92 Å². The van der Waals surface area contributed by atoms with E-state index in [2.05, 4.69) is 21.3 Å². The standard InChI is InChI=1S/C36H46N4O7/c1-4-25(2)33(34(43)38-30(35(44)46-3)21-27-16-10-6-11-17-27)40-32(42)23-37-22-31(41)29(20-26-14-8-5-9-15-26)39-36(45)47-24-28-18-12-7-13-19-28/h5-19,25,29-31,33,37,41H,4,20-24H2,1-3H3,(H,38,43)(H,39,45)(H,40,42)/t25-,29-,30-,31?,33?/m0/s1. The van der Waals surface area contributed by atoms with Gasteiger partial charge in [-0.2, -0.15) is 0 Å². The number of ether oxygens (including phenoxy) is 2. The molecule has 11 heteroatoms. The SMILES string of the molecule is CC[C@H](C)C(NC(=O)CNCC(O)[C@H](Cc1ccccc1)NC(=O)OCc1ccccc1)C(=O)N[C@@H](Cc1ccccc1)C(=O)OC. The molecular formula is C36H46N4O7. The lowest BCUT2D eigenvalue weighted by Crippen LogP contribution is -2.56. The quantitative estimate of drug-likeness (QED) is 0.132. The summed E-state index contributed by atoms with van der Waals surface area (Å²) in [6, 6.07) is 25.4. The van der Waals surface area contributed by atoms with Crippen molar-refractivity contribution in [3.05, 3.63) is 108 Å². The van der Waals surface area contributed by atoms with Crippen molar-refractivity contribution < 1.29 is 33.8 Å². The molecule has 5 N–H and O–H groups in total. The van der Waals surface area contributed by atoms with Crippen molar-refractivity contribution in [3.8, 4) is 0 Å². The van der Waals surface area contributed by atoms with Crippen LogP contribution in [0.3, 0.4) is 0 Å². The Hall–Kier alpha value is -4.74. The summed E-state index contributed by atoms with van der Waals surface area (Å²) in [4.78, 5) is 51.4. The molecule has 0 aliphatic rings. The van der Waals surface area contributed by atoms with Crippen LogP contribution in [0.4, 0.5) is 4.79 Å². The van der Waals surface area contributed by atoms with E-state index < -0.39 is 48.1 Å². The maximum Gasteiger partial charge on any atom is 0.407 e. The zero-order chi connectivity index (χ0) is 34.0. The molecule has 0 saturated carbocycles. The van der Waals surface area contributed by atoms with Gasteiger partial charge in [-0.3, -0.25) is 9.59 Å². The third-order valence-electron chi connectivity index (χ3n) is 7.81. The lowest BCUT2D eigenvalue weighted by Gasteiger charge is -2.27. The smallest absolute Gasteiger partial charge is 0.407 e. The van der Waals surface area contributed by atoms with Crippen LogP contribution in [0.15, 0.2) is 91.0 Å². The van der Waals surface area contributed by atoms with Crippen LogP contribution in [-0.2, 0) is 43.3 Å². The van der Waals surface area contributed by atoms with Crippen LogP contribution in [0.1, 0.15) is 37.0 Å². The molecule has 0 aromatic heterocycles. The molecule has 3 amide bonds. The molecule has 0 saturated heterocycles. The van der Waals surface area contributed by atoms with E-state index in [-0.39, 0.29) is 32.0 Å².